The highest BCUT2D eigenvalue weighted by Crippen LogP contribution is 2.26. The van der Waals surface area contributed by atoms with Crippen LogP contribution in [0.5, 0.6) is 0 Å². The second-order valence-corrected chi connectivity index (χ2v) is 5.84. The Labute approximate surface area is 112 Å². The van der Waals surface area contributed by atoms with Crippen molar-refractivity contribution < 1.29 is 24.2 Å². The minimum absolute atomic E-state index is 0.0254. The second kappa shape index (κ2) is 5.59. The van der Waals surface area contributed by atoms with Crippen LogP contribution in [-0.2, 0) is 14.3 Å². The lowest BCUT2D eigenvalue weighted by molar-refractivity contribution is -0.147. The normalized spacial score (nSPS) is 19.7. The van der Waals surface area contributed by atoms with Gasteiger partial charge in [-0.25, -0.2) is 9.69 Å². The van der Waals surface area contributed by atoms with Gasteiger partial charge in [0, 0.05) is 6.42 Å². The molecule has 0 aliphatic carbocycles. The number of cyclic esters (lactones) is 1. The van der Waals surface area contributed by atoms with E-state index in [1.165, 1.54) is 0 Å². The lowest BCUT2D eigenvalue weighted by Gasteiger charge is -2.24. The van der Waals surface area contributed by atoms with Crippen molar-refractivity contribution in [1.82, 2.24) is 4.90 Å². The number of ether oxygens (including phenoxy) is 1. The number of aliphatic carboxylic acids is 1. The van der Waals surface area contributed by atoms with Crippen molar-refractivity contribution in [3.8, 4) is 0 Å². The van der Waals surface area contributed by atoms with Gasteiger partial charge in [-0.05, 0) is 26.2 Å². The first-order valence-corrected chi connectivity index (χ1v) is 6.39. The Kier molecular flexibility index (Phi) is 4.55. The molecule has 1 aliphatic rings. The van der Waals surface area contributed by atoms with Crippen molar-refractivity contribution in [2.45, 2.75) is 46.6 Å². The van der Waals surface area contributed by atoms with Crippen LogP contribution in [0.4, 0.5) is 4.79 Å². The second-order valence-electron chi connectivity index (χ2n) is 5.84. The first kappa shape index (κ1) is 15.5. The first-order valence-electron chi connectivity index (χ1n) is 6.39. The number of imide groups is 1. The SMILES string of the molecule is CC(C)C1COC(=O)N1C(=O)CCC(C)(C)C(=O)O. The number of carbonyl (C=O) groups excluding carboxylic acids is 2. The molecule has 2 amide bonds. The molecule has 108 valence electrons. The number of carboxylic acids is 1. The fourth-order valence-corrected chi connectivity index (χ4v) is 1.86. The summed E-state index contributed by atoms with van der Waals surface area (Å²) in [6.07, 6.45) is -0.412. The van der Waals surface area contributed by atoms with Crippen molar-refractivity contribution in [3.05, 3.63) is 0 Å². The molecular formula is C13H21NO5. The molecular weight excluding hydrogens is 250 g/mol. The Morgan fingerprint density at radius 2 is 2.05 bits per heavy atom. The van der Waals surface area contributed by atoms with Crippen molar-refractivity contribution in [1.29, 1.82) is 0 Å². The monoisotopic (exact) mass is 271 g/mol. The maximum absolute atomic E-state index is 12.1. The van der Waals surface area contributed by atoms with Gasteiger partial charge in [0.15, 0.2) is 0 Å². The van der Waals surface area contributed by atoms with Gasteiger partial charge >= 0.3 is 12.1 Å². The summed E-state index contributed by atoms with van der Waals surface area (Å²) in [4.78, 5) is 35.7. The van der Waals surface area contributed by atoms with E-state index in [4.69, 9.17) is 9.84 Å². The fourth-order valence-electron chi connectivity index (χ4n) is 1.86. The maximum Gasteiger partial charge on any atom is 0.416 e. The van der Waals surface area contributed by atoms with Crippen LogP contribution in [0.2, 0.25) is 0 Å². The molecule has 0 aromatic carbocycles. The van der Waals surface area contributed by atoms with Crippen LogP contribution in [-0.4, -0.2) is 40.6 Å². The zero-order valence-electron chi connectivity index (χ0n) is 11.8. The molecule has 1 rings (SSSR count). The quantitative estimate of drug-likeness (QED) is 0.825. The molecule has 0 spiro atoms. The molecule has 1 saturated heterocycles. The van der Waals surface area contributed by atoms with E-state index in [1.54, 1.807) is 13.8 Å². The van der Waals surface area contributed by atoms with Gasteiger partial charge in [-0.1, -0.05) is 13.8 Å². The van der Waals surface area contributed by atoms with E-state index in [2.05, 4.69) is 0 Å². The summed E-state index contributed by atoms with van der Waals surface area (Å²) < 4.78 is 4.89. The number of carbonyl (C=O) groups is 3. The predicted octanol–water partition coefficient (Wildman–Crippen LogP) is 1.88. The lowest BCUT2D eigenvalue weighted by Crippen LogP contribution is -2.42. The highest BCUT2D eigenvalue weighted by molar-refractivity contribution is 5.93. The molecule has 6 heteroatoms. The Hall–Kier alpha value is -1.59. The van der Waals surface area contributed by atoms with Crippen molar-refractivity contribution in [2.24, 2.45) is 11.3 Å². The van der Waals surface area contributed by atoms with E-state index in [0.717, 1.165) is 4.90 Å². The Morgan fingerprint density at radius 1 is 1.47 bits per heavy atom. The van der Waals surface area contributed by atoms with Gasteiger partial charge in [-0.3, -0.25) is 9.59 Å². The van der Waals surface area contributed by atoms with Crippen LogP contribution in [0.1, 0.15) is 40.5 Å². The van der Waals surface area contributed by atoms with Gasteiger partial charge in [0.25, 0.3) is 0 Å². The Morgan fingerprint density at radius 3 is 2.53 bits per heavy atom. The van der Waals surface area contributed by atoms with E-state index in [-0.39, 0.29) is 37.3 Å². The lowest BCUT2D eigenvalue weighted by atomic mass is 9.87. The third kappa shape index (κ3) is 3.45. The molecule has 0 radical (unpaired) electrons. The maximum atomic E-state index is 12.1. The van der Waals surface area contributed by atoms with Gasteiger partial charge in [0.05, 0.1) is 11.5 Å². The molecule has 1 N–H and O–H groups in total. The van der Waals surface area contributed by atoms with Crippen LogP contribution in [0.25, 0.3) is 0 Å². The van der Waals surface area contributed by atoms with Crippen molar-refractivity contribution >= 4 is 18.0 Å². The minimum Gasteiger partial charge on any atom is -0.481 e. The van der Waals surface area contributed by atoms with Crippen molar-refractivity contribution in [3.63, 3.8) is 0 Å². The van der Waals surface area contributed by atoms with E-state index < -0.39 is 17.5 Å². The molecule has 0 aromatic heterocycles. The molecule has 0 saturated carbocycles. The van der Waals surface area contributed by atoms with Crippen LogP contribution in [0, 0.1) is 11.3 Å². The highest BCUT2D eigenvalue weighted by atomic mass is 16.6. The average Bonchev–Trinajstić information content (AvgIpc) is 2.68. The number of hydrogen-bond acceptors (Lipinski definition) is 4. The third-order valence-corrected chi connectivity index (χ3v) is 3.49. The molecule has 6 nitrogen and oxygen atoms in total. The van der Waals surface area contributed by atoms with Crippen LogP contribution in [0.15, 0.2) is 0 Å². The Bertz CT molecular complexity index is 388. The smallest absolute Gasteiger partial charge is 0.416 e. The summed E-state index contributed by atoms with van der Waals surface area (Å²) in [5.74, 6) is -1.21. The topological polar surface area (TPSA) is 83.9 Å². The van der Waals surface area contributed by atoms with Crippen LogP contribution < -0.4 is 0 Å². The molecule has 1 fully saturated rings. The summed E-state index contributed by atoms with van der Waals surface area (Å²) in [6, 6.07) is -0.257. The zero-order chi connectivity index (χ0) is 14.8. The molecule has 0 bridgehead atoms. The van der Waals surface area contributed by atoms with E-state index in [1.807, 2.05) is 13.8 Å². The van der Waals surface area contributed by atoms with Gasteiger partial charge in [-0.2, -0.15) is 0 Å². The number of amides is 2. The van der Waals surface area contributed by atoms with Gasteiger partial charge < -0.3 is 9.84 Å². The summed E-state index contributed by atoms with van der Waals surface area (Å²) >= 11 is 0. The van der Waals surface area contributed by atoms with Crippen molar-refractivity contribution in [2.75, 3.05) is 6.61 Å². The largest absolute Gasteiger partial charge is 0.481 e. The summed E-state index contributed by atoms with van der Waals surface area (Å²) in [5.41, 5.74) is -0.980. The summed E-state index contributed by atoms with van der Waals surface area (Å²) in [7, 11) is 0. The van der Waals surface area contributed by atoms with E-state index >= 15 is 0 Å². The predicted molar refractivity (Wildman–Crippen MR) is 67.5 cm³/mol. The molecule has 1 unspecified atom stereocenters. The Balaban J connectivity index is 2.67. The number of carboxylic acid groups (broad SMARTS) is 1. The highest BCUT2D eigenvalue weighted by Gasteiger charge is 2.40. The standard InChI is InChI=1S/C13H21NO5/c1-8(2)9-7-19-12(18)14(9)10(15)5-6-13(3,4)11(16)17/h8-9H,5-7H2,1-4H3,(H,16,17). The minimum atomic E-state index is -0.980. The van der Waals surface area contributed by atoms with Crippen LogP contribution >= 0.6 is 0 Å². The fraction of sp³-hybridized carbons (Fsp3) is 0.769. The van der Waals surface area contributed by atoms with Gasteiger partial charge in [0.1, 0.15) is 6.61 Å². The average molecular weight is 271 g/mol. The third-order valence-electron chi connectivity index (χ3n) is 3.49. The molecule has 0 aromatic rings. The molecule has 19 heavy (non-hydrogen) atoms. The van der Waals surface area contributed by atoms with Gasteiger partial charge in [0.2, 0.25) is 5.91 Å². The van der Waals surface area contributed by atoms with Crippen LogP contribution in [0.3, 0.4) is 0 Å². The zero-order valence-corrected chi connectivity index (χ0v) is 11.8. The summed E-state index contributed by atoms with van der Waals surface area (Å²) in [5, 5.41) is 9.00. The van der Waals surface area contributed by atoms with E-state index in [9.17, 15) is 14.4 Å². The molecule has 1 aliphatic heterocycles. The number of hydrogen-bond donors (Lipinski definition) is 1. The summed E-state index contributed by atoms with van der Waals surface area (Å²) in [6.45, 7) is 7.16. The van der Waals surface area contributed by atoms with E-state index in [0.29, 0.717) is 0 Å². The number of rotatable bonds is 5. The number of nitrogens with zero attached hydrogens (tertiary/aromatic N) is 1. The molecule has 1 heterocycles. The van der Waals surface area contributed by atoms with Gasteiger partial charge in [-0.15, -0.1) is 0 Å². The molecule has 1 atom stereocenters. The first-order chi connectivity index (χ1) is 8.66.